The number of Topliss-reactive ketones (excluding diaryl/α,β-unsaturated/α-hetero) is 1. The summed E-state index contributed by atoms with van der Waals surface area (Å²) in [5.41, 5.74) is 7.27. The van der Waals surface area contributed by atoms with Crippen molar-refractivity contribution in [3.63, 3.8) is 0 Å². The van der Waals surface area contributed by atoms with Gasteiger partial charge in [-0.05, 0) is 59.2 Å². The van der Waals surface area contributed by atoms with Gasteiger partial charge in [0.2, 0.25) is 0 Å². The summed E-state index contributed by atoms with van der Waals surface area (Å²) in [6.45, 7) is 6.67. The number of halogens is 1. The summed E-state index contributed by atoms with van der Waals surface area (Å²) in [7, 11) is 1.67. The molecule has 0 saturated heterocycles. The van der Waals surface area contributed by atoms with E-state index in [1.807, 2.05) is 36.4 Å². The molecule has 2 atom stereocenters. The molecule has 4 nitrogen and oxygen atoms in total. The summed E-state index contributed by atoms with van der Waals surface area (Å²) in [4.78, 5) is 13.8. The maximum atomic E-state index is 13.8. The number of para-hydroxylation sites is 2. The van der Waals surface area contributed by atoms with E-state index in [0.717, 1.165) is 44.9 Å². The van der Waals surface area contributed by atoms with Gasteiger partial charge in [-0.2, -0.15) is 0 Å². The lowest BCUT2D eigenvalue weighted by Gasteiger charge is -2.31. The van der Waals surface area contributed by atoms with Crippen molar-refractivity contribution < 1.29 is 9.53 Å². The van der Waals surface area contributed by atoms with Crippen LogP contribution in [-0.4, -0.2) is 12.9 Å². The average molecular weight is 531 g/mol. The van der Waals surface area contributed by atoms with E-state index in [1.165, 1.54) is 11.1 Å². The van der Waals surface area contributed by atoms with Gasteiger partial charge in [-0.15, -0.1) is 0 Å². The van der Waals surface area contributed by atoms with Gasteiger partial charge in [0.1, 0.15) is 5.75 Å². The lowest BCUT2D eigenvalue weighted by atomic mass is 9.77. The van der Waals surface area contributed by atoms with Crippen LogP contribution in [0.5, 0.6) is 5.75 Å². The molecule has 3 aromatic carbocycles. The number of ketones is 1. The summed E-state index contributed by atoms with van der Waals surface area (Å²) in [5.74, 6) is 1.05. The molecule has 1 aliphatic carbocycles. The highest BCUT2D eigenvalue weighted by Gasteiger charge is 2.37. The van der Waals surface area contributed by atoms with Crippen molar-refractivity contribution in [2.75, 3.05) is 17.7 Å². The molecule has 1 aliphatic heterocycles. The van der Waals surface area contributed by atoms with Gasteiger partial charge < -0.3 is 15.4 Å². The number of hydrogen-bond donors (Lipinski definition) is 2. The maximum absolute atomic E-state index is 13.8. The van der Waals surface area contributed by atoms with E-state index in [4.69, 9.17) is 4.74 Å². The number of rotatable bonds is 3. The van der Waals surface area contributed by atoms with Crippen LogP contribution in [0.25, 0.3) is 0 Å². The van der Waals surface area contributed by atoms with Gasteiger partial charge in [0.05, 0.1) is 24.5 Å². The van der Waals surface area contributed by atoms with Crippen molar-refractivity contribution in [1.29, 1.82) is 0 Å². The highest BCUT2D eigenvalue weighted by atomic mass is 79.9. The fourth-order valence-corrected chi connectivity index (χ4v) is 5.53. The average Bonchev–Trinajstić information content (AvgIpc) is 3.00. The summed E-state index contributed by atoms with van der Waals surface area (Å²) < 4.78 is 6.66. The van der Waals surface area contributed by atoms with Gasteiger partial charge in [0, 0.05) is 27.7 Å². The Bertz CT molecular complexity index is 1300. The van der Waals surface area contributed by atoms with Crippen LogP contribution in [0.4, 0.5) is 11.4 Å². The second-order valence-corrected chi connectivity index (χ2v) is 11.3. The zero-order valence-corrected chi connectivity index (χ0v) is 22.2. The smallest absolute Gasteiger partial charge is 0.163 e. The van der Waals surface area contributed by atoms with Crippen molar-refractivity contribution in [3.8, 4) is 5.75 Å². The van der Waals surface area contributed by atoms with Crippen molar-refractivity contribution in [2.24, 2.45) is 0 Å². The van der Waals surface area contributed by atoms with Crippen LogP contribution >= 0.6 is 15.9 Å². The second-order valence-electron chi connectivity index (χ2n) is 10.4. The number of carbonyl (C=O) groups excluding carboxylic acids is 1. The molecular formula is C30H31BrN2O2. The van der Waals surface area contributed by atoms with Gasteiger partial charge >= 0.3 is 0 Å². The molecule has 5 rings (SSSR count). The summed E-state index contributed by atoms with van der Waals surface area (Å²) in [5, 5.41) is 7.27. The molecule has 0 saturated carbocycles. The Morgan fingerprint density at radius 1 is 0.943 bits per heavy atom. The summed E-state index contributed by atoms with van der Waals surface area (Å²) in [6.07, 6.45) is 1.26. The Kier molecular flexibility index (Phi) is 6.22. The first-order chi connectivity index (χ1) is 16.7. The zero-order chi connectivity index (χ0) is 24.7. The summed E-state index contributed by atoms with van der Waals surface area (Å²) in [6, 6.07) is 22.6. The normalized spacial score (nSPS) is 19.7. The highest BCUT2D eigenvalue weighted by molar-refractivity contribution is 9.10. The fraction of sp³-hybridized carbons (Fsp3) is 0.300. The monoisotopic (exact) mass is 530 g/mol. The first-order valence-electron chi connectivity index (χ1n) is 12.1. The van der Waals surface area contributed by atoms with E-state index in [1.54, 1.807) is 7.11 Å². The van der Waals surface area contributed by atoms with Gasteiger partial charge in [-0.3, -0.25) is 4.79 Å². The predicted octanol–water partition coefficient (Wildman–Crippen LogP) is 7.73. The zero-order valence-electron chi connectivity index (χ0n) is 20.6. The predicted molar refractivity (Wildman–Crippen MR) is 146 cm³/mol. The van der Waals surface area contributed by atoms with Crippen molar-refractivity contribution in [2.45, 2.75) is 51.0 Å². The quantitative estimate of drug-likeness (QED) is 0.363. The Hall–Kier alpha value is -3.05. The number of methoxy groups -OCH3 is 1. The van der Waals surface area contributed by atoms with Gasteiger partial charge in [0.25, 0.3) is 0 Å². The Morgan fingerprint density at radius 2 is 1.66 bits per heavy atom. The number of fused-ring (bicyclic) bond motifs is 1. The molecule has 0 amide bonds. The van der Waals surface area contributed by atoms with E-state index < -0.39 is 0 Å². The number of nitrogens with one attached hydrogen (secondary N) is 2. The van der Waals surface area contributed by atoms with Gasteiger partial charge in [-0.25, -0.2) is 0 Å². The first-order valence-corrected chi connectivity index (χ1v) is 12.9. The van der Waals surface area contributed by atoms with E-state index in [-0.39, 0.29) is 23.2 Å². The third kappa shape index (κ3) is 4.62. The Balaban J connectivity index is 1.59. The van der Waals surface area contributed by atoms with E-state index in [2.05, 4.69) is 77.7 Å². The van der Waals surface area contributed by atoms with Crippen molar-refractivity contribution in [3.05, 3.63) is 99.2 Å². The third-order valence-electron chi connectivity index (χ3n) is 7.06. The first kappa shape index (κ1) is 23.7. The van der Waals surface area contributed by atoms with Crippen LogP contribution in [0.3, 0.4) is 0 Å². The maximum Gasteiger partial charge on any atom is 0.163 e. The number of hydrogen-bond acceptors (Lipinski definition) is 4. The minimum atomic E-state index is -0.315. The second kappa shape index (κ2) is 9.19. The molecule has 0 bridgehead atoms. The number of carbonyl (C=O) groups is 1. The Labute approximate surface area is 215 Å². The molecular weight excluding hydrogens is 500 g/mol. The van der Waals surface area contributed by atoms with E-state index >= 15 is 0 Å². The molecule has 2 N–H and O–H groups in total. The number of benzene rings is 3. The molecule has 3 aromatic rings. The molecule has 0 aromatic heterocycles. The van der Waals surface area contributed by atoms with Gasteiger partial charge in [-0.1, -0.05) is 73.1 Å². The Morgan fingerprint density at radius 3 is 2.34 bits per heavy atom. The fourth-order valence-electron chi connectivity index (χ4n) is 5.15. The number of allylic oxidation sites excluding steroid dienone is 1. The molecule has 0 fully saturated rings. The number of anilines is 2. The van der Waals surface area contributed by atoms with Crippen molar-refractivity contribution in [1.82, 2.24) is 0 Å². The molecule has 0 spiro atoms. The topological polar surface area (TPSA) is 50.4 Å². The summed E-state index contributed by atoms with van der Waals surface area (Å²) >= 11 is 3.61. The van der Waals surface area contributed by atoms with E-state index in [9.17, 15) is 4.79 Å². The third-order valence-corrected chi connectivity index (χ3v) is 7.55. The van der Waals surface area contributed by atoms with Crippen LogP contribution in [0, 0.1) is 0 Å². The standard InChI is InChI=1S/C30H31BrN2O2/c1-30(2,3)20-11-9-18(10-12-20)19-15-25-28(26(34)16-19)29(22-17-21(31)13-14-27(22)35-4)33-24-8-6-5-7-23(24)32-25/h5-14,17,19,29,32-33H,15-16H2,1-4H3. The molecule has 2 unspecified atom stereocenters. The lowest BCUT2D eigenvalue weighted by Crippen LogP contribution is -2.27. The molecule has 180 valence electrons. The molecule has 0 radical (unpaired) electrons. The van der Waals surface area contributed by atoms with E-state index in [0.29, 0.717) is 6.42 Å². The molecule has 2 aliphatic rings. The highest BCUT2D eigenvalue weighted by Crippen LogP contribution is 2.46. The van der Waals surface area contributed by atoms with Crippen LogP contribution in [-0.2, 0) is 10.2 Å². The van der Waals surface area contributed by atoms with Crippen LogP contribution in [0.1, 0.15) is 62.3 Å². The van der Waals surface area contributed by atoms with Crippen LogP contribution in [0.2, 0.25) is 0 Å². The van der Waals surface area contributed by atoms with Gasteiger partial charge in [0.15, 0.2) is 5.78 Å². The molecule has 35 heavy (non-hydrogen) atoms. The molecule has 1 heterocycles. The van der Waals surface area contributed by atoms with Crippen molar-refractivity contribution >= 4 is 33.1 Å². The molecule has 5 heteroatoms. The van der Waals surface area contributed by atoms with Crippen LogP contribution in [0.15, 0.2) is 82.5 Å². The minimum absolute atomic E-state index is 0.102. The minimum Gasteiger partial charge on any atom is -0.496 e. The van der Waals surface area contributed by atoms with Crippen LogP contribution < -0.4 is 15.4 Å². The lowest BCUT2D eigenvalue weighted by molar-refractivity contribution is -0.116. The number of ether oxygens (including phenoxy) is 1. The largest absolute Gasteiger partial charge is 0.496 e. The SMILES string of the molecule is COc1ccc(Br)cc1C1Nc2ccccc2NC2=C1C(=O)CC(c1ccc(C(C)(C)C)cc1)C2.